The third-order valence-corrected chi connectivity index (χ3v) is 2.86. The molecule has 7 heteroatoms. The fourth-order valence-electron chi connectivity index (χ4n) is 0.882. The van der Waals surface area contributed by atoms with Gasteiger partial charge in [0.25, 0.3) is 0 Å². The molecule has 1 heterocycles. The number of hydrogen-bond donors (Lipinski definition) is 2. The van der Waals surface area contributed by atoms with Crippen LogP contribution in [-0.4, -0.2) is 25.7 Å². The van der Waals surface area contributed by atoms with Crippen molar-refractivity contribution in [3.8, 4) is 0 Å². The molecule has 14 heavy (non-hydrogen) atoms. The Morgan fingerprint density at radius 2 is 2.36 bits per heavy atom. The summed E-state index contributed by atoms with van der Waals surface area (Å²) in [5.41, 5.74) is 5.13. The number of oxazole rings is 1. The predicted octanol–water partition coefficient (Wildman–Crippen LogP) is -0.639. The number of sulfonamides is 1. The fraction of sp³-hybridized carbons (Fsp3) is 0.571. The van der Waals surface area contributed by atoms with Crippen molar-refractivity contribution in [1.29, 1.82) is 0 Å². The number of nitrogens with zero attached hydrogens (tertiary/aromatic N) is 1. The number of aromatic nitrogens is 1. The molecule has 0 aliphatic carbocycles. The van der Waals surface area contributed by atoms with Crippen molar-refractivity contribution >= 4 is 10.0 Å². The summed E-state index contributed by atoms with van der Waals surface area (Å²) >= 11 is 0. The highest BCUT2D eigenvalue weighted by molar-refractivity contribution is 7.89. The first-order valence-corrected chi connectivity index (χ1v) is 5.77. The van der Waals surface area contributed by atoms with Gasteiger partial charge >= 0.3 is 0 Å². The average Bonchev–Trinajstić information content (AvgIpc) is 2.48. The highest BCUT2D eigenvalue weighted by Crippen LogP contribution is 2.01. The minimum atomic E-state index is -3.30. The quantitative estimate of drug-likeness (QED) is 0.686. The molecule has 0 saturated carbocycles. The summed E-state index contributed by atoms with van der Waals surface area (Å²) in [7, 11) is -3.30. The van der Waals surface area contributed by atoms with Crippen LogP contribution in [0.15, 0.2) is 10.6 Å². The molecule has 80 valence electrons. The van der Waals surface area contributed by atoms with Gasteiger partial charge in [-0.1, -0.05) is 0 Å². The van der Waals surface area contributed by atoms with Crippen LogP contribution in [0.5, 0.6) is 0 Å². The zero-order valence-electron chi connectivity index (χ0n) is 7.86. The van der Waals surface area contributed by atoms with E-state index in [1.54, 1.807) is 6.92 Å². The number of aryl methyl sites for hydroxylation is 1. The van der Waals surface area contributed by atoms with Crippen molar-refractivity contribution in [2.45, 2.75) is 13.5 Å². The molecule has 0 spiro atoms. The molecule has 0 radical (unpaired) electrons. The van der Waals surface area contributed by atoms with Crippen LogP contribution >= 0.6 is 0 Å². The van der Waals surface area contributed by atoms with E-state index < -0.39 is 10.0 Å². The third kappa shape index (κ3) is 3.44. The SMILES string of the molecule is Cc1cnc(CNS(=O)(=O)CCN)o1. The maximum atomic E-state index is 11.2. The van der Waals surface area contributed by atoms with Gasteiger partial charge in [0.05, 0.1) is 18.5 Å². The first-order chi connectivity index (χ1) is 6.53. The van der Waals surface area contributed by atoms with E-state index in [1.807, 2.05) is 0 Å². The molecule has 1 rings (SSSR count). The van der Waals surface area contributed by atoms with Crippen molar-refractivity contribution in [2.75, 3.05) is 12.3 Å². The first kappa shape index (κ1) is 11.2. The second-order valence-corrected chi connectivity index (χ2v) is 4.72. The Balaban J connectivity index is 2.48. The number of rotatable bonds is 5. The summed E-state index contributed by atoms with van der Waals surface area (Å²) in [5.74, 6) is 0.910. The fourth-order valence-corrected chi connectivity index (χ4v) is 1.68. The van der Waals surface area contributed by atoms with Crippen LogP contribution in [0.2, 0.25) is 0 Å². The maximum Gasteiger partial charge on any atom is 0.213 e. The molecule has 0 aliphatic heterocycles. The van der Waals surface area contributed by atoms with Crippen LogP contribution in [0, 0.1) is 6.92 Å². The largest absolute Gasteiger partial charge is 0.445 e. The number of nitrogens with two attached hydrogens (primary N) is 1. The minimum absolute atomic E-state index is 0.0656. The molecule has 0 amide bonds. The Bertz CT molecular complexity index is 385. The smallest absolute Gasteiger partial charge is 0.213 e. The van der Waals surface area contributed by atoms with Crippen LogP contribution < -0.4 is 10.5 Å². The van der Waals surface area contributed by atoms with Gasteiger partial charge in [-0.2, -0.15) is 0 Å². The lowest BCUT2D eigenvalue weighted by Crippen LogP contribution is -2.29. The summed E-state index contributed by atoms with van der Waals surface area (Å²) in [6.07, 6.45) is 1.53. The Morgan fingerprint density at radius 3 is 2.86 bits per heavy atom. The maximum absolute atomic E-state index is 11.2. The molecule has 3 N–H and O–H groups in total. The Labute approximate surface area is 82.6 Å². The van der Waals surface area contributed by atoms with E-state index in [-0.39, 0.29) is 18.8 Å². The number of hydrogen-bond acceptors (Lipinski definition) is 5. The molecule has 0 bridgehead atoms. The molecule has 1 aromatic rings. The van der Waals surface area contributed by atoms with E-state index in [9.17, 15) is 8.42 Å². The molecule has 0 atom stereocenters. The van der Waals surface area contributed by atoms with E-state index in [1.165, 1.54) is 6.20 Å². The van der Waals surface area contributed by atoms with Gasteiger partial charge < -0.3 is 10.2 Å². The van der Waals surface area contributed by atoms with E-state index in [0.29, 0.717) is 11.7 Å². The lowest BCUT2D eigenvalue weighted by atomic mass is 10.6. The molecule has 0 aliphatic rings. The second-order valence-electron chi connectivity index (χ2n) is 2.79. The monoisotopic (exact) mass is 219 g/mol. The lowest BCUT2D eigenvalue weighted by molar-refractivity contribution is 0.463. The van der Waals surface area contributed by atoms with Gasteiger partial charge in [0.15, 0.2) is 0 Å². The van der Waals surface area contributed by atoms with E-state index in [4.69, 9.17) is 10.2 Å². The predicted molar refractivity (Wildman–Crippen MR) is 50.9 cm³/mol. The number of nitrogens with one attached hydrogen (secondary N) is 1. The normalized spacial score (nSPS) is 11.9. The van der Waals surface area contributed by atoms with Crippen molar-refractivity contribution < 1.29 is 12.8 Å². The Hall–Kier alpha value is -0.920. The summed E-state index contributed by atoms with van der Waals surface area (Å²) < 4.78 is 29.7. The van der Waals surface area contributed by atoms with Gasteiger partial charge in [0, 0.05) is 6.54 Å². The highest BCUT2D eigenvalue weighted by atomic mass is 32.2. The van der Waals surface area contributed by atoms with Gasteiger partial charge in [-0.25, -0.2) is 18.1 Å². The standard InChI is InChI=1S/C7H13N3O3S/c1-6-4-9-7(13-6)5-10-14(11,12)3-2-8/h4,10H,2-3,5,8H2,1H3. The molecule has 1 aromatic heterocycles. The summed E-state index contributed by atoms with van der Waals surface area (Å²) in [5, 5.41) is 0. The van der Waals surface area contributed by atoms with Crippen molar-refractivity contribution in [2.24, 2.45) is 5.73 Å². The van der Waals surface area contributed by atoms with Gasteiger partial charge in [0.2, 0.25) is 15.9 Å². The summed E-state index contributed by atoms with van der Waals surface area (Å²) in [4.78, 5) is 3.85. The zero-order valence-corrected chi connectivity index (χ0v) is 8.67. The summed E-state index contributed by atoms with van der Waals surface area (Å²) in [6, 6.07) is 0. The van der Waals surface area contributed by atoms with Crippen LogP contribution in [0.25, 0.3) is 0 Å². The van der Waals surface area contributed by atoms with E-state index in [0.717, 1.165) is 0 Å². The molecule has 0 aromatic carbocycles. The van der Waals surface area contributed by atoms with Gasteiger partial charge in [0.1, 0.15) is 5.76 Å². The topological polar surface area (TPSA) is 98.2 Å². The lowest BCUT2D eigenvalue weighted by Gasteiger charge is -2.01. The molecule has 0 saturated heterocycles. The zero-order chi connectivity index (χ0) is 10.6. The Morgan fingerprint density at radius 1 is 1.64 bits per heavy atom. The van der Waals surface area contributed by atoms with Crippen molar-refractivity contribution in [3.63, 3.8) is 0 Å². The van der Waals surface area contributed by atoms with Crippen LogP contribution in [0.1, 0.15) is 11.7 Å². The second kappa shape index (κ2) is 4.54. The molecule has 6 nitrogen and oxygen atoms in total. The summed E-state index contributed by atoms with van der Waals surface area (Å²) in [6.45, 7) is 1.90. The molecule has 0 unspecified atom stereocenters. The van der Waals surface area contributed by atoms with E-state index in [2.05, 4.69) is 9.71 Å². The van der Waals surface area contributed by atoms with Crippen molar-refractivity contribution in [1.82, 2.24) is 9.71 Å². The molecule has 0 fully saturated rings. The van der Waals surface area contributed by atoms with Crippen LogP contribution in [0.3, 0.4) is 0 Å². The van der Waals surface area contributed by atoms with Gasteiger partial charge in [-0.05, 0) is 6.92 Å². The first-order valence-electron chi connectivity index (χ1n) is 4.12. The van der Waals surface area contributed by atoms with E-state index >= 15 is 0 Å². The highest BCUT2D eigenvalue weighted by Gasteiger charge is 2.09. The molecular weight excluding hydrogens is 206 g/mol. The van der Waals surface area contributed by atoms with Crippen molar-refractivity contribution in [3.05, 3.63) is 17.8 Å². The Kier molecular flexibility index (Phi) is 3.62. The van der Waals surface area contributed by atoms with Crippen LogP contribution in [-0.2, 0) is 16.6 Å². The van der Waals surface area contributed by atoms with Crippen LogP contribution in [0.4, 0.5) is 0 Å². The third-order valence-electron chi connectivity index (χ3n) is 1.50. The molecular formula is C7H13N3O3S. The van der Waals surface area contributed by atoms with Gasteiger partial charge in [-0.15, -0.1) is 0 Å². The minimum Gasteiger partial charge on any atom is -0.445 e. The average molecular weight is 219 g/mol. The van der Waals surface area contributed by atoms with Gasteiger partial charge in [-0.3, -0.25) is 0 Å².